The highest BCUT2D eigenvalue weighted by Crippen LogP contribution is 2.35. The Hall–Kier alpha value is -1.66. The third-order valence-corrected chi connectivity index (χ3v) is 3.97. The number of carbonyl (C=O) groups is 1. The number of anilines is 1. The second-order valence-corrected chi connectivity index (χ2v) is 5.37. The molecule has 0 fully saturated rings. The molecule has 102 valence electrons. The van der Waals surface area contributed by atoms with Crippen LogP contribution in [0.5, 0.6) is 0 Å². The maximum absolute atomic E-state index is 12.0. The number of nitrogens with zero attached hydrogens (tertiary/aromatic N) is 1. The Labute approximate surface area is 115 Å². The predicted octanol–water partition coefficient (Wildman–Crippen LogP) is 1.87. The van der Waals surface area contributed by atoms with E-state index in [9.17, 15) is 4.79 Å². The van der Waals surface area contributed by atoms with Crippen LogP contribution in [0.4, 0.5) is 5.69 Å². The second kappa shape index (κ2) is 5.54. The molecule has 0 aliphatic carbocycles. The first kappa shape index (κ1) is 13.8. The quantitative estimate of drug-likeness (QED) is 0.838. The van der Waals surface area contributed by atoms with Crippen molar-refractivity contribution in [3.63, 3.8) is 0 Å². The van der Waals surface area contributed by atoms with Crippen LogP contribution in [-0.2, 0) is 4.74 Å². The van der Waals surface area contributed by atoms with Crippen LogP contribution in [-0.4, -0.2) is 31.2 Å². The Balaban J connectivity index is 2.37. The van der Waals surface area contributed by atoms with Crippen LogP contribution in [0.25, 0.3) is 10.1 Å². The first-order valence-corrected chi connectivity index (χ1v) is 6.79. The topological polar surface area (TPSA) is 77.2 Å². The summed E-state index contributed by atoms with van der Waals surface area (Å²) in [5, 5.41) is 3.66. The molecule has 0 unspecified atom stereocenters. The van der Waals surface area contributed by atoms with Crippen LogP contribution in [0.15, 0.2) is 6.07 Å². The highest BCUT2D eigenvalue weighted by molar-refractivity contribution is 7.21. The summed E-state index contributed by atoms with van der Waals surface area (Å²) in [4.78, 5) is 17.0. The zero-order valence-electron chi connectivity index (χ0n) is 11.2. The third kappa shape index (κ3) is 2.69. The summed E-state index contributed by atoms with van der Waals surface area (Å²) in [6, 6.07) is 1.95. The van der Waals surface area contributed by atoms with Gasteiger partial charge in [0.05, 0.1) is 12.3 Å². The van der Waals surface area contributed by atoms with E-state index in [-0.39, 0.29) is 5.91 Å². The molecule has 0 saturated heterocycles. The fourth-order valence-electron chi connectivity index (χ4n) is 2.00. The van der Waals surface area contributed by atoms with Gasteiger partial charge in [0.25, 0.3) is 5.91 Å². The van der Waals surface area contributed by atoms with Crippen molar-refractivity contribution in [1.29, 1.82) is 0 Å². The number of ether oxygens (including phenoxy) is 1. The molecule has 0 aliphatic rings. The highest BCUT2D eigenvalue weighted by Gasteiger charge is 2.18. The lowest BCUT2D eigenvalue weighted by Crippen LogP contribution is -2.26. The van der Waals surface area contributed by atoms with Crippen molar-refractivity contribution < 1.29 is 9.53 Å². The average molecular weight is 279 g/mol. The Morgan fingerprint density at radius 1 is 1.53 bits per heavy atom. The number of nitrogens with one attached hydrogen (secondary N) is 1. The van der Waals surface area contributed by atoms with Crippen molar-refractivity contribution in [3.05, 3.63) is 22.3 Å². The normalized spacial score (nSPS) is 10.9. The fraction of sp³-hybridized carbons (Fsp3) is 0.385. The summed E-state index contributed by atoms with van der Waals surface area (Å²) in [5.74, 6) is -0.159. The average Bonchev–Trinajstić information content (AvgIpc) is 2.66. The molecule has 2 rings (SSSR count). The number of carbonyl (C=O) groups excluding carboxylic acids is 1. The standard InChI is InChI=1S/C13H17N3O2S/c1-7-6-9-10(8(2)16-7)11(14)12(19-9)13(17)15-4-5-18-3/h6H,4-5,14H2,1-3H3,(H,15,17). The zero-order valence-corrected chi connectivity index (χ0v) is 12.1. The molecular formula is C13H17N3O2S. The number of nitrogen functional groups attached to an aromatic ring is 1. The van der Waals surface area contributed by atoms with Gasteiger partial charge in [0.1, 0.15) is 4.88 Å². The van der Waals surface area contributed by atoms with Gasteiger partial charge in [-0.1, -0.05) is 0 Å². The summed E-state index contributed by atoms with van der Waals surface area (Å²) in [5.41, 5.74) is 8.38. The number of rotatable bonds is 4. The van der Waals surface area contributed by atoms with E-state index in [0.29, 0.717) is 23.7 Å². The Kier molecular flexibility index (Phi) is 4.01. The van der Waals surface area contributed by atoms with E-state index in [2.05, 4.69) is 10.3 Å². The minimum absolute atomic E-state index is 0.159. The highest BCUT2D eigenvalue weighted by atomic mass is 32.1. The van der Waals surface area contributed by atoms with Gasteiger partial charge in [-0.25, -0.2) is 0 Å². The van der Waals surface area contributed by atoms with Gasteiger partial charge in [-0.2, -0.15) is 0 Å². The number of methoxy groups -OCH3 is 1. The lowest BCUT2D eigenvalue weighted by Gasteiger charge is -2.03. The maximum Gasteiger partial charge on any atom is 0.263 e. The maximum atomic E-state index is 12.0. The molecule has 0 aromatic carbocycles. The molecule has 3 N–H and O–H groups in total. The molecule has 2 aromatic rings. The summed E-state index contributed by atoms with van der Waals surface area (Å²) >= 11 is 1.40. The molecule has 0 saturated carbocycles. The summed E-state index contributed by atoms with van der Waals surface area (Å²) in [6.07, 6.45) is 0. The van der Waals surface area contributed by atoms with Crippen LogP contribution < -0.4 is 11.1 Å². The van der Waals surface area contributed by atoms with Crippen molar-refractivity contribution in [2.75, 3.05) is 26.0 Å². The number of aromatic nitrogens is 1. The zero-order chi connectivity index (χ0) is 14.0. The number of amides is 1. The molecular weight excluding hydrogens is 262 g/mol. The predicted molar refractivity (Wildman–Crippen MR) is 77.7 cm³/mol. The molecule has 0 aliphatic heterocycles. The largest absolute Gasteiger partial charge is 0.397 e. The van der Waals surface area contributed by atoms with E-state index >= 15 is 0 Å². The number of aryl methyl sites for hydroxylation is 2. The molecule has 0 radical (unpaired) electrons. The van der Waals surface area contributed by atoms with Gasteiger partial charge < -0.3 is 15.8 Å². The Morgan fingerprint density at radius 2 is 2.26 bits per heavy atom. The number of nitrogens with two attached hydrogens (primary N) is 1. The van der Waals surface area contributed by atoms with Gasteiger partial charge >= 0.3 is 0 Å². The third-order valence-electron chi connectivity index (χ3n) is 2.82. The van der Waals surface area contributed by atoms with Gasteiger partial charge in [0.15, 0.2) is 0 Å². The lowest BCUT2D eigenvalue weighted by atomic mass is 10.2. The van der Waals surface area contributed by atoms with Gasteiger partial charge in [-0.05, 0) is 19.9 Å². The summed E-state index contributed by atoms with van der Waals surface area (Å²) < 4.78 is 5.90. The Morgan fingerprint density at radius 3 is 2.95 bits per heavy atom. The molecule has 0 spiro atoms. The first-order chi connectivity index (χ1) is 9.04. The number of thiophene rings is 1. The van der Waals surface area contributed by atoms with Crippen LogP contribution in [0.3, 0.4) is 0 Å². The number of hydrogen-bond acceptors (Lipinski definition) is 5. The SMILES string of the molecule is COCCNC(=O)c1sc2cc(C)nc(C)c2c1N. The van der Waals surface area contributed by atoms with Gasteiger partial charge in [-0.15, -0.1) is 11.3 Å². The van der Waals surface area contributed by atoms with E-state index in [4.69, 9.17) is 10.5 Å². The monoisotopic (exact) mass is 279 g/mol. The molecule has 2 heterocycles. The van der Waals surface area contributed by atoms with Crippen LogP contribution in [0.1, 0.15) is 21.1 Å². The van der Waals surface area contributed by atoms with Crippen molar-refractivity contribution in [2.24, 2.45) is 0 Å². The summed E-state index contributed by atoms with van der Waals surface area (Å²) in [7, 11) is 1.60. The van der Waals surface area contributed by atoms with Gasteiger partial charge in [-0.3, -0.25) is 9.78 Å². The number of fused-ring (bicyclic) bond motifs is 1. The molecule has 2 aromatic heterocycles. The lowest BCUT2D eigenvalue weighted by molar-refractivity contribution is 0.0942. The minimum Gasteiger partial charge on any atom is -0.397 e. The van der Waals surface area contributed by atoms with Crippen LogP contribution in [0, 0.1) is 13.8 Å². The van der Waals surface area contributed by atoms with Crippen LogP contribution >= 0.6 is 11.3 Å². The van der Waals surface area contributed by atoms with E-state index in [1.54, 1.807) is 7.11 Å². The summed E-state index contributed by atoms with van der Waals surface area (Å²) in [6.45, 7) is 4.79. The number of pyridine rings is 1. The van der Waals surface area contributed by atoms with E-state index in [0.717, 1.165) is 21.5 Å². The van der Waals surface area contributed by atoms with Gasteiger partial charge in [0.2, 0.25) is 0 Å². The number of hydrogen-bond donors (Lipinski definition) is 2. The van der Waals surface area contributed by atoms with E-state index in [1.807, 2.05) is 19.9 Å². The van der Waals surface area contributed by atoms with Crippen molar-refractivity contribution in [1.82, 2.24) is 10.3 Å². The molecule has 0 bridgehead atoms. The molecule has 1 amide bonds. The van der Waals surface area contributed by atoms with Crippen molar-refractivity contribution >= 4 is 33.0 Å². The Bertz CT molecular complexity index is 622. The minimum atomic E-state index is -0.159. The molecule has 5 nitrogen and oxygen atoms in total. The molecule has 19 heavy (non-hydrogen) atoms. The first-order valence-electron chi connectivity index (χ1n) is 5.98. The smallest absolute Gasteiger partial charge is 0.263 e. The van der Waals surface area contributed by atoms with Gasteiger partial charge in [0, 0.05) is 35.1 Å². The van der Waals surface area contributed by atoms with E-state index < -0.39 is 0 Å². The van der Waals surface area contributed by atoms with Crippen molar-refractivity contribution in [3.8, 4) is 0 Å². The van der Waals surface area contributed by atoms with E-state index in [1.165, 1.54) is 11.3 Å². The fourth-order valence-corrected chi connectivity index (χ4v) is 3.18. The van der Waals surface area contributed by atoms with Crippen molar-refractivity contribution in [2.45, 2.75) is 13.8 Å². The second-order valence-electron chi connectivity index (χ2n) is 4.32. The molecule has 0 atom stereocenters. The molecule has 6 heteroatoms. The van der Waals surface area contributed by atoms with Crippen LogP contribution in [0.2, 0.25) is 0 Å².